The monoisotopic (exact) mass is 341 g/mol. The van der Waals surface area contributed by atoms with Crippen molar-refractivity contribution in [2.75, 3.05) is 30.9 Å². The first-order valence-corrected chi connectivity index (χ1v) is 7.69. The van der Waals surface area contributed by atoms with Gasteiger partial charge in [0.1, 0.15) is 11.8 Å². The minimum absolute atomic E-state index is 0.00582. The zero-order valence-electron chi connectivity index (χ0n) is 12.6. The maximum atomic E-state index is 13.8. The maximum Gasteiger partial charge on any atom is 0.319 e. The molecule has 0 aliphatic rings. The van der Waals surface area contributed by atoms with Crippen molar-refractivity contribution < 1.29 is 18.7 Å². The van der Waals surface area contributed by atoms with E-state index in [0.717, 1.165) is 17.0 Å². The van der Waals surface area contributed by atoms with Crippen LogP contribution in [0.5, 0.6) is 0 Å². The number of carbonyl (C=O) groups is 1. The van der Waals surface area contributed by atoms with Crippen LogP contribution in [0.4, 0.5) is 25.0 Å². The number of rotatable bonds is 5. The Bertz CT molecular complexity index is 654. The highest BCUT2D eigenvalue weighted by Crippen LogP contribution is 2.25. The van der Waals surface area contributed by atoms with Gasteiger partial charge in [-0.2, -0.15) is 0 Å². The first-order chi connectivity index (χ1) is 10.9. The predicted molar refractivity (Wildman–Crippen MR) is 87.0 cm³/mol. The van der Waals surface area contributed by atoms with Gasteiger partial charge in [-0.05, 0) is 23.6 Å². The number of halogens is 2. The number of urea groups is 1. The standard InChI is InChI=1S/C15H17F2N3O2S/c1-20(2)14-10(16)6-9(7-11(14)17)19-15(22)18-8-12(21)13-4-3-5-23-13/h3-7,12,21H,8H2,1-2H3,(H2,18,19,22). The molecule has 23 heavy (non-hydrogen) atoms. The lowest BCUT2D eigenvalue weighted by atomic mass is 10.2. The van der Waals surface area contributed by atoms with Crippen molar-refractivity contribution in [1.82, 2.24) is 5.32 Å². The van der Waals surface area contributed by atoms with Crippen molar-refractivity contribution >= 4 is 28.7 Å². The SMILES string of the molecule is CN(C)c1c(F)cc(NC(=O)NCC(O)c2cccs2)cc1F. The molecule has 1 heterocycles. The summed E-state index contributed by atoms with van der Waals surface area (Å²) in [5.41, 5.74) is -0.183. The molecular weight excluding hydrogens is 324 g/mol. The molecule has 1 atom stereocenters. The van der Waals surface area contributed by atoms with Crippen molar-refractivity contribution in [3.8, 4) is 0 Å². The van der Waals surface area contributed by atoms with Gasteiger partial charge < -0.3 is 20.6 Å². The average molecular weight is 341 g/mol. The topological polar surface area (TPSA) is 64.6 Å². The number of anilines is 2. The molecule has 0 aliphatic carbocycles. The number of hydrogen-bond acceptors (Lipinski definition) is 4. The van der Waals surface area contributed by atoms with Crippen molar-refractivity contribution in [1.29, 1.82) is 0 Å². The Balaban J connectivity index is 1.95. The van der Waals surface area contributed by atoms with Gasteiger partial charge in [0.05, 0.1) is 6.54 Å². The van der Waals surface area contributed by atoms with Crippen LogP contribution in [0.2, 0.25) is 0 Å². The first-order valence-electron chi connectivity index (χ1n) is 6.81. The molecule has 3 N–H and O–H groups in total. The van der Waals surface area contributed by atoms with Crippen molar-refractivity contribution in [3.05, 3.63) is 46.2 Å². The number of carbonyl (C=O) groups excluding carboxylic acids is 1. The summed E-state index contributed by atoms with van der Waals surface area (Å²) >= 11 is 1.37. The summed E-state index contributed by atoms with van der Waals surface area (Å²) in [7, 11) is 3.04. The fourth-order valence-electron chi connectivity index (χ4n) is 2.01. The van der Waals surface area contributed by atoms with E-state index in [-0.39, 0.29) is 17.9 Å². The molecule has 1 aromatic heterocycles. The minimum Gasteiger partial charge on any atom is -0.386 e. The van der Waals surface area contributed by atoms with Crippen LogP contribution in [-0.2, 0) is 0 Å². The highest BCUT2D eigenvalue weighted by molar-refractivity contribution is 7.10. The van der Waals surface area contributed by atoms with Gasteiger partial charge in [0.2, 0.25) is 0 Å². The van der Waals surface area contributed by atoms with Crippen molar-refractivity contribution in [2.24, 2.45) is 0 Å². The highest BCUT2D eigenvalue weighted by atomic mass is 32.1. The highest BCUT2D eigenvalue weighted by Gasteiger charge is 2.15. The van der Waals surface area contributed by atoms with E-state index in [9.17, 15) is 18.7 Å². The average Bonchev–Trinajstić information content (AvgIpc) is 2.97. The number of nitrogens with one attached hydrogen (secondary N) is 2. The van der Waals surface area contributed by atoms with Crippen LogP contribution in [-0.4, -0.2) is 31.8 Å². The largest absolute Gasteiger partial charge is 0.386 e. The van der Waals surface area contributed by atoms with Gasteiger partial charge >= 0.3 is 6.03 Å². The van der Waals surface area contributed by atoms with E-state index in [1.165, 1.54) is 30.3 Å². The minimum atomic E-state index is -0.828. The smallest absolute Gasteiger partial charge is 0.319 e. The van der Waals surface area contributed by atoms with E-state index in [1.54, 1.807) is 12.1 Å². The summed E-state index contributed by atoms with van der Waals surface area (Å²) in [6.07, 6.45) is -0.828. The van der Waals surface area contributed by atoms with E-state index >= 15 is 0 Å². The molecule has 0 fully saturated rings. The molecule has 0 bridgehead atoms. The number of aliphatic hydroxyl groups excluding tert-OH is 1. The molecule has 124 valence electrons. The summed E-state index contributed by atoms with van der Waals surface area (Å²) in [5, 5.41) is 16.4. The molecule has 0 spiro atoms. The van der Waals surface area contributed by atoms with E-state index in [4.69, 9.17) is 0 Å². The van der Waals surface area contributed by atoms with Crippen LogP contribution < -0.4 is 15.5 Å². The molecule has 0 radical (unpaired) electrons. The predicted octanol–water partition coefficient (Wildman–Crippen LogP) is 2.95. The summed E-state index contributed by atoms with van der Waals surface area (Å²) < 4.78 is 27.6. The molecule has 2 amide bonds. The summed E-state index contributed by atoms with van der Waals surface area (Å²) in [6, 6.07) is 4.96. The van der Waals surface area contributed by atoms with Crippen LogP contribution in [0.25, 0.3) is 0 Å². The number of amides is 2. The fourth-order valence-corrected chi connectivity index (χ4v) is 2.72. The second-order valence-corrected chi connectivity index (χ2v) is 6.03. The molecule has 2 rings (SSSR count). The molecule has 5 nitrogen and oxygen atoms in total. The molecule has 0 saturated carbocycles. The van der Waals surface area contributed by atoms with Gasteiger partial charge in [0, 0.05) is 24.7 Å². The van der Waals surface area contributed by atoms with Crippen LogP contribution in [0.1, 0.15) is 11.0 Å². The Kier molecular flexibility index (Phi) is 5.51. The van der Waals surface area contributed by atoms with E-state index in [0.29, 0.717) is 0 Å². The Morgan fingerprint density at radius 1 is 1.35 bits per heavy atom. The molecule has 2 aromatic rings. The second-order valence-electron chi connectivity index (χ2n) is 5.05. The summed E-state index contributed by atoms with van der Waals surface area (Å²) in [5.74, 6) is -1.55. The number of hydrogen-bond donors (Lipinski definition) is 3. The zero-order chi connectivity index (χ0) is 17.0. The Hall–Kier alpha value is -2.19. The van der Waals surface area contributed by atoms with E-state index in [2.05, 4.69) is 10.6 Å². The second kappa shape index (κ2) is 7.38. The number of thiophene rings is 1. The fraction of sp³-hybridized carbons (Fsp3) is 0.267. The van der Waals surface area contributed by atoms with E-state index < -0.39 is 23.8 Å². The maximum absolute atomic E-state index is 13.8. The number of benzene rings is 1. The first kappa shape index (κ1) is 17.2. The van der Waals surface area contributed by atoms with Crippen LogP contribution >= 0.6 is 11.3 Å². The van der Waals surface area contributed by atoms with Crippen molar-refractivity contribution in [3.63, 3.8) is 0 Å². The molecule has 1 unspecified atom stereocenters. The zero-order valence-corrected chi connectivity index (χ0v) is 13.5. The van der Waals surface area contributed by atoms with Gasteiger partial charge in [-0.3, -0.25) is 0 Å². The third-order valence-corrected chi connectivity index (χ3v) is 4.02. The molecule has 0 saturated heterocycles. The lowest BCUT2D eigenvalue weighted by Gasteiger charge is -2.16. The van der Waals surface area contributed by atoms with Crippen LogP contribution in [0.3, 0.4) is 0 Å². The lowest BCUT2D eigenvalue weighted by molar-refractivity contribution is 0.178. The lowest BCUT2D eigenvalue weighted by Crippen LogP contribution is -2.32. The Morgan fingerprint density at radius 2 is 2.00 bits per heavy atom. The van der Waals surface area contributed by atoms with Gasteiger partial charge in [0.25, 0.3) is 0 Å². The third-order valence-electron chi connectivity index (χ3n) is 3.05. The number of nitrogens with zero attached hydrogens (tertiary/aromatic N) is 1. The third kappa shape index (κ3) is 4.40. The van der Waals surface area contributed by atoms with E-state index in [1.807, 2.05) is 5.38 Å². The van der Waals surface area contributed by atoms with Gasteiger partial charge in [-0.15, -0.1) is 11.3 Å². The normalized spacial score (nSPS) is 11.9. The number of aliphatic hydroxyl groups is 1. The van der Waals surface area contributed by atoms with Gasteiger partial charge in [0.15, 0.2) is 11.6 Å². The van der Waals surface area contributed by atoms with Gasteiger partial charge in [-0.25, -0.2) is 13.6 Å². The molecular formula is C15H17F2N3O2S. The summed E-state index contributed by atoms with van der Waals surface area (Å²) in [6.45, 7) is -0.00685. The molecule has 1 aromatic carbocycles. The van der Waals surface area contributed by atoms with Crippen LogP contribution in [0.15, 0.2) is 29.6 Å². The van der Waals surface area contributed by atoms with Crippen LogP contribution in [0, 0.1) is 11.6 Å². The molecule has 0 aliphatic heterocycles. The quantitative estimate of drug-likeness (QED) is 0.783. The van der Waals surface area contributed by atoms with Crippen molar-refractivity contribution in [2.45, 2.75) is 6.10 Å². The Morgan fingerprint density at radius 3 is 2.52 bits per heavy atom. The molecule has 8 heteroatoms. The summed E-state index contributed by atoms with van der Waals surface area (Å²) in [4.78, 5) is 13.8. The van der Waals surface area contributed by atoms with Gasteiger partial charge in [-0.1, -0.05) is 6.07 Å². The Labute approximate surface area is 136 Å².